The molecule has 0 amide bonds. The van der Waals surface area contributed by atoms with Crippen LogP contribution < -0.4 is 10.2 Å². The molecule has 0 bridgehead atoms. The van der Waals surface area contributed by atoms with E-state index >= 15 is 0 Å². The van der Waals surface area contributed by atoms with Gasteiger partial charge in [-0.3, -0.25) is 0 Å². The summed E-state index contributed by atoms with van der Waals surface area (Å²) in [4.78, 5) is 0. The molecule has 0 spiro atoms. The van der Waals surface area contributed by atoms with Crippen LogP contribution >= 0.6 is 0 Å². The average molecular weight is 247 g/mol. The Balaban J connectivity index is 2.63. The predicted molar refractivity (Wildman–Crippen MR) is 61.9 cm³/mol. The third kappa shape index (κ3) is 4.30. The van der Waals surface area contributed by atoms with Crippen molar-refractivity contribution in [3.8, 4) is 5.75 Å². The molecule has 96 valence electrons. The van der Waals surface area contributed by atoms with Gasteiger partial charge in [0.25, 0.3) is 0 Å². The SMILES string of the molecule is COCCCOc1ccc([B-](F)(F)F)c(C)c1. The lowest BCUT2D eigenvalue weighted by molar-refractivity contribution is 0.172. The van der Waals surface area contributed by atoms with Gasteiger partial charge in [-0.05, 0) is 19.1 Å². The van der Waals surface area contributed by atoms with Gasteiger partial charge in [-0.15, -0.1) is 5.46 Å². The second kappa shape index (κ2) is 5.96. The van der Waals surface area contributed by atoms with E-state index in [1.54, 1.807) is 7.11 Å². The number of hydrogen-bond donors (Lipinski definition) is 0. The minimum absolute atomic E-state index is 0.196. The molecule has 0 N–H and O–H groups in total. The van der Waals surface area contributed by atoms with Crippen molar-refractivity contribution in [2.24, 2.45) is 0 Å². The summed E-state index contributed by atoms with van der Waals surface area (Å²) in [6.07, 6.45) is 0.709. The Morgan fingerprint density at radius 1 is 1.18 bits per heavy atom. The molecular weight excluding hydrogens is 232 g/mol. The number of rotatable bonds is 6. The van der Waals surface area contributed by atoms with Crippen LogP contribution in [0.4, 0.5) is 12.9 Å². The van der Waals surface area contributed by atoms with E-state index in [2.05, 4.69) is 0 Å². The van der Waals surface area contributed by atoms with Gasteiger partial charge in [-0.25, -0.2) is 0 Å². The zero-order chi connectivity index (χ0) is 12.9. The largest absolute Gasteiger partial charge is 0.509 e. The van der Waals surface area contributed by atoms with Crippen molar-refractivity contribution in [1.29, 1.82) is 0 Å². The summed E-state index contributed by atoms with van der Waals surface area (Å²) in [7, 11) is 1.59. The molecule has 0 unspecified atom stereocenters. The van der Waals surface area contributed by atoms with E-state index in [0.29, 0.717) is 25.4 Å². The van der Waals surface area contributed by atoms with Gasteiger partial charge in [-0.2, -0.15) is 0 Å². The molecule has 0 fully saturated rings. The molecule has 0 aromatic heterocycles. The van der Waals surface area contributed by atoms with Gasteiger partial charge in [0.15, 0.2) is 0 Å². The van der Waals surface area contributed by atoms with E-state index in [9.17, 15) is 12.9 Å². The first-order valence-electron chi connectivity index (χ1n) is 5.37. The maximum Gasteiger partial charge on any atom is 0.509 e. The van der Waals surface area contributed by atoms with Crippen LogP contribution in [-0.4, -0.2) is 27.3 Å². The summed E-state index contributed by atoms with van der Waals surface area (Å²) in [6.45, 7) is -2.50. The second-order valence-corrected chi connectivity index (χ2v) is 3.79. The highest BCUT2D eigenvalue weighted by molar-refractivity contribution is 6.74. The Morgan fingerprint density at radius 3 is 2.41 bits per heavy atom. The number of ether oxygens (including phenoxy) is 2. The predicted octanol–water partition coefficient (Wildman–Crippen LogP) is 2.46. The van der Waals surface area contributed by atoms with E-state index in [1.165, 1.54) is 19.1 Å². The summed E-state index contributed by atoms with van der Waals surface area (Å²) in [5.41, 5.74) is -0.365. The molecule has 0 aliphatic rings. The van der Waals surface area contributed by atoms with Crippen molar-refractivity contribution in [2.75, 3.05) is 20.3 Å². The minimum atomic E-state index is -4.94. The zero-order valence-electron chi connectivity index (χ0n) is 9.88. The van der Waals surface area contributed by atoms with Gasteiger partial charge in [-0.1, -0.05) is 11.6 Å². The van der Waals surface area contributed by atoms with Gasteiger partial charge in [0.1, 0.15) is 5.75 Å². The van der Waals surface area contributed by atoms with Crippen molar-refractivity contribution in [3.05, 3.63) is 23.8 Å². The summed E-state index contributed by atoms with van der Waals surface area (Å²) >= 11 is 0. The number of methoxy groups -OCH3 is 1. The molecule has 0 radical (unpaired) electrons. The normalized spacial score (nSPS) is 11.6. The highest BCUT2D eigenvalue weighted by Gasteiger charge is 2.27. The first-order valence-corrected chi connectivity index (χ1v) is 5.37. The van der Waals surface area contributed by atoms with Crippen molar-refractivity contribution < 1.29 is 22.4 Å². The molecule has 0 aliphatic heterocycles. The summed E-state index contributed by atoms with van der Waals surface area (Å²) in [6, 6.07) is 3.84. The van der Waals surface area contributed by atoms with Gasteiger partial charge in [0, 0.05) is 20.1 Å². The molecule has 1 rings (SSSR count). The van der Waals surface area contributed by atoms with Gasteiger partial charge in [0.2, 0.25) is 0 Å². The lowest BCUT2D eigenvalue weighted by Crippen LogP contribution is -2.35. The number of halogens is 3. The monoisotopic (exact) mass is 247 g/mol. The molecule has 1 aromatic carbocycles. The van der Waals surface area contributed by atoms with Crippen LogP contribution in [0.3, 0.4) is 0 Å². The Kier molecular flexibility index (Phi) is 4.87. The summed E-state index contributed by atoms with van der Waals surface area (Å²) in [5.74, 6) is 0.461. The fraction of sp³-hybridized carbons (Fsp3) is 0.455. The van der Waals surface area contributed by atoms with Crippen molar-refractivity contribution in [1.82, 2.24) is 0 Å². The van der Waals surface area contributed by atoms with E-state index in [1.807, 2.05) is 0 Å². The average Bonchev–Trinajstić information content (AvgIpc) is 2.23. The molecule has 0 saturated carbocycles. The van der Waals surface area contributed by atoms with Crippen LogP contribution in [0.1, 0.15) is 12.0 Å². The zero-order valence-corrected chi connectivity index (χ0v) is 9.88. The first kappa shape index (κ1) is 13.9. The number of aryl methyl sites for hydroxylation is 1. The lowest BCUT2D eigenvalue weighted by Gasteiger charge is -2.18. The van der Waals surface area contributed by atoms with Gasteiger partial charge < -0.3 is 22.4 Å². The summed E-state index contributed by atoms with van der Waals surface area (Å²) < 4.78 is 47.8. The molecule has 0 aliphatic carbocycles. The Morgan fingerprint density at radius 2 is 1.88 bits per heavy atom. The molecule has 0 atom stereocenters. The smallest absolute Gasteiger partial charge is 0.494 e. The maximum absolute atomic E-state index is 12.5. The lowest BCUT2D eigenvalue weighted by atomic mass is 9.77. The van der Waals surface area contributed by atoms with Gasteiger partial charge in [0.05, 0.1) is 6.61 Å². The van der Waals surface area contributed by atoms with Crippen LogP contribution in [-0.2, 0) is 4.74 Å². The topological polar surface area (TPSA) is 18.5 Å². The fourth-order valence-electron chi connectivity index (χ4n) is 1.50. The van der Waals surface area contributed by atoms with Crippen LogP contribution in [0.2, 0.25) is 0 Å². The second-order valence-electron chi connectivity index (χ2n) is 3.79. The van der Waals surface area contributed by atoms with Crippen molar-refractivity contribution >= 4 is 12.4 Å². The molecule has 17 heavy (non-hydrogen) atoms. The highest BCUT2D eigenvalue weighted by Crippen LogP contribution is 2.17. The van der Waals surface area contributed by atoms with Crippen LogP contribution in [0.5, 0.6) is 5.75 Å². The van der Waals surface area contributed by atoms with Crippen LogP contribution in [0.25, 0.3) is 0 Å². The summed E-state index contributed by atoms with van der Waals surface area (Å²) in [5, 5.41) is 0. The standard InChI is InChI=1S/C11H15BF3O2/c1-9-8-10(17-7-3-6-16-2)4-5-11(9)12(13,14)15/h4-5,8H,3,6-7H2,1-2H3/q-1. The highest BCUT2D eigenvalue weighted by atomic mass is 19.4. The Bertz CT molecular complexity index is 366. The van der Waals surface area contributed by atoms with E-state index < -0.39 is 12.4 Å². The fourth-order valence-corrected chi connectivity index (χ4v) is 1.50. The molecule has 2 nitrogen and oxygen atoms in total. The van der Waals surface area contributed by atoms with Crippen LogP contribution in [0, 0.1) is 6.92 Å². The van der Waals surface area contributed by atoms with Crippen LogP contribution in [0.15, 0.2) is 18.2 Å². The van der Waals surface area contributed by atoms with E-state index in [-0.39, 0.29) is 5.56 Å². The first-order chi connectivity index (χ1) is 7.95. The third-order valence-corrected chi connectivity index (χ3v) is 2.36. The molecule has 6 heteroatoms. The molecular formula is C11H15BF3O2-. The maximum atomic E-state index is 12.5. The van der Waals surface area contributed by atoms with Crippen molar-refractivity contribution in [3.63, 3.8) is 0 Å². The number of hydrogen-bond acceptors (Lipinski definition) is 2. The quantitative estimate of drug-likeness (QED) is 0.567. The number of benzene rings is 1. The molecule has 1 aromatic rings. The Hall–Kier alpha value is -1.17. The third-order valence-electron chi connectivity index (χ3n) is 2.36. The van der Waals surface area contributed by atoms with E-state index in [4.69, 9.17) is 9.47 Å². The Labute approximate surface area is 98.8 Å². The van der Waals surface area contributed by atoms with Gasteiger partial charge >= 0.3 is 6.98 Å². The molecule has 0 saturated heterocycles. The minimum Gasteiger partial charge on any atom is -0.494 e. The molecule has 0 heterocycles. The van der Waals surface area contributed by atoms with Crippen molar-refractivity contribution in [2.45, 2.75) is 13.3 Å². The van der Waals surface area contributed by atoms with E-state index in [0.717, 1.165) is 6.07 Å².